The summed E-state index contributed by atoms with van der Waals surface area (Å²) in [6.45, 7) is 4.45. The topological polar surface area (TPSA) is 47.6 Å². The zero-order valence-electron chi connectivity index (χ0n) is 14.8. The molecule has 0 radical (unpaired) electrons. The normalized spacial score (nSPS) is 11.0. The van der Waals surface area contributed by atoms with Crippen LogP contribution in [-0.4, -0.2) is 26.7 Å². The molecule has 2 rings (SSSR count). The fraction of sp³-hybridized carbons (Fsp3) is 0.350. The van der Waals surface area contributed by atoms with E-state index in [0.717, 1.165) is 17.5 Å². The molecular weight excluding hydrogens is 302 g/mol. The van der Waals surface area contributed by atoms with Crippen molar-refractivity contribution in [1.82, 2.24) is 5.32 Å². The van der Waals surface area contributed by atoms with E-state index >= 15 is 0 Å². The predicted molar refractivity (Wildman–Crippen MR) is 95.7 cm³/mol. The van der Waals surface area contributed by atoms with Crippen LogP contribution in [0.5, 0.6) is 11.5 Å². The van der Waals surface area contributed by atoms with Gasteiger partial charge in [0.15, 0.2) is 11.5 Å². The van der Waals surface area contributed by atoms with E-state index in [0.29, 0.717) is 18.0 Å². The highest BCUT2D eigenvalue weighted by molar-refractivity contribution is 5.87. The van der Waals surface area contributed by atoms with E-state index in [1.54, 1.807) is 14.2 Å². The zero-order valence-corrected chi connectivity index (χ0v) is 14.8. The molecule has 0 atom stereocenters. The molecule has 24 heavy (non-hydrogen) atoms. The lowest BCUT2D eigenvalue weighted by Gasteiger charge is -2.24. The summed E-state index contributed by atoms with van der Waals surface area (Å²) in [5, 5.41) is 3.02. The van der Waals surface area contributed by atoms with E-state index in [1.807, 2.05) is 62.4 Å². The molecular formula is C20H25NO3. The van der Waals surface area contributed by atoms with Crippen molar-refractivity contribution in [3.05, 3.63) is 59.7 Å². The summed E-state index contributed by atoms with van der Waals surface area (Å²) in [5.41, 5.74) is 1.54. The molecule has 0 saturated heterocycles. The van der Waals surface area contributed by atoms with Gasteiger partial charge in [0, 0.05) is 6.54 Å². The van der Waals surface area contributed by atoms with Crippen molar-refractivity contribution in [2.45, 2.75) is 25.7 Å². The molecule has 0 aliphatic carbocycles. The minimum absolute atomic E-state index is 0.0224. The number of carbonyl (C=O) groups is 1. The van der Waals surface area contributed by atoms with Gasteiger partial charge in [-0.3, -0.25) is 4.79 Å². The van der Waals surface area contributed by atoms with Crippen LogP contribution < -0.4 is 14.8 Å². The lowest BCUT2D eigenvalue weighted by atomic mass is 9.84. The molecule has 0 aliphatic rings. The van der Waals surface area contributed by atoms with Crippen molar-refractivity contribution in [3.63, 3.8) is 0 Å². The lowest BCUT2D eigenvalue weighted by Crippen LogP contribution is -2.40. The summed E-state index contributed by atoms with van der Waals surface area (Å²) in [5.74, 6) is 1.43. The van der Waals surface area contributed by atoms with Crippen molar-refractivity contribution >= 4 is 5.91 Å². The lowest BCUT2D eigenvalue weighted by molar-refractivity contribution is -0.125. The zero-order chi connectivity index (χ0) is 17.6. The molecule has 128 valence electrons. The van der Waals surface area contributed by atoms with Gasteiger partial charge in [-0.05, 0) is 43.5 Å². The van der Waals surface area contributed by atoms with Crippen LogP contribution in [0.3, 0.4) is 0 Å². The van der Waals surface area contributed by atoms with E-state index in [4.69, 9.17) is 9.47 Å². The molecule has 0 unspecified atom stereocenters. The minimum Gasteiger partial charge on any atom is -0.493 e. The molecule has 0 fully saturated rings. The highest BCUT2D eigenvalue weighted by Gasteiger charge is 2.29. The summed E-state index contributed by atoms with van der Waals surface area (Å²) >= 11 is 0. The van der Waals surface area contributed by atoms with E-state index < -0.39 is 5.41 Å². The van der Waals surface area contributed by atoms with Crippen LogP contribution in [0.15, 0.2) is 48.5 Å². The Balaban J connectivity index is 1.95. The Hall–Kier alpha value is -2.49. The first kappa shape index (κ1) is 17.9. The SMILES string of the molecule is COc1ccc(CCNC(=O)C(C)(C)c2ccccc2)cc1OC. The molecule has 4 nitrogen and oxygen atoms in total. The Kier molecular flexibility index (Phi) is 5.85. The maximum atomic E-state index is 12.5. The predicted octanol–water partition coefficient (Wildman–Crippen LogP) is 3.34. The third-order valence-corrected chi connectivity index (χ3v) is 4.21. The van der Waals surface area contributed by atoms with Gasteiger partial charge in [-0.2, -0.15) is 0 Å². The first-order chi connectivity index (χ1) is 11.5. The average Bonchev–Trinajstić information content (AvgIpc) is 2.62. The van der Waals surface area contributed by atoms with Crippen LogP contribution >= 0.6 is 0 Å². The van der Waals surface area contributed by atoms with Gasteiger partial charge < -0.3 is 14.8 Å². The van der Waals surface area contributed by atoms with Gasteiger partial charge in [-0.15, -0.1) is 0 Å². The van der Waals surface area contributed by atoms with Crippen LogP contribution in [0.4, 0.5) is 0 Å². The van der Waals surface area contributed by atoms with E-state index in [1.165, 1.54) is 0 Å². The highest BCUT2D eigenvalue weighted by atomic mass is 16.5. The Morgan fingerprint density at radius 3 is 2.29 bits per heavy atom. The second-order valence-corrected chi connectivity index (χ2v) is 6.19. The third kappa shape index (κ3) is 4.07. The smallest absolute Gasteiger partial charge is 0.230 e. The molecule has 0 spiro atoms. The molecule has 0 aliphatic heterocycles. The Labute approximate surface area is 143 Å². The third-order valence-electron chi connectivity index (χ3n) is 4.21. The molecule has 0 saturated carbocycles. The summed E-state index contributed by atoms with van der Waals surface area (Å²) in [7, 11) is 3.23. The number of carbonyl (C=O) groups excluding carboxylic acids is 1. The number of hydrogen-bond donors (Lipinski definition) is 1. The second-order valence-electron chi connectivity index (χ2n) is 6.19. The van der Waals surface area contributed by atoms with Gasteiger partial charge in [-0.1, -0.05) is 36.4 Å². The van der Waals surface area contributed by atoms with Gasteiger partial charge in [0.25, 0.3) is 0 Å². The van der Waals surface area contributed by atoms with Gasteiger partial charge in [0.1, 0.15) is 0 Å². The van der Waals surface area contributed by atoms with Crippen molar-refractivity contribution in [3.8, 4) is 11.5 Å². The Bertz CT molecular complexity index is 681. The summed E-state index contributed by atoms with van der Waals surface area (Å²) in [4.78, 5) is 12.5. The fourth-order valence-electron chi connectivity index (χ4n) is 2.56. The van der Waals surface area contributed by atoms with Gasteiger partial charge >= 0.3 is 0 Å². The number of rotatable bonds is 7. The first-order valence-corrected chi connectivity index (χ1v) is 8.03. The van der Waals surface area contributed by atoms with Gasteiger partial charge in [0.2, 0.25) is 5.91 Å². The first-order valence-electron chi connectivity index (χ1n) is 8.03. The average molecular weight is 327 g/mol. The number of nitrogens with one attached hydrogen (secondary N) is 1. The molecule has 1 amide bonds. The van der Waals surface area contributed by atoms with Crippen LogP contribution in [0.2, 0.25) is 0 Å². The quantitative estimate of drug-likeness (QED) is 0.848. The van der Waals surface area contributed by atoms with Crippen LogP contribution in [-0.2, 0) is 16.6 Å². The summed E-state index contributed by atoms with van der Waals surface area (Å²) in [6, 6.07) is 15.6. The summed E-state index contributed by atoms with van der Waals surface area (Å²) in [6.07, 6.45) is 0.733. The van der Waals surface area contributed by atoms with Gasteiger partial charge in [-0.25, -0.2) is 0 Å². The Morgan fingerprint density at radius 2 is 1.67 bits per heavy atom. The molecule has 4 heteroatoms. The summed E-state index contributed by atoms with van der Waals surface area (Å²) < 4.78 is 10.5. The standard InChI is InChI=1S/C20H25NO3/c1-20(2,16-8-6-5-7-9-16)19(22)21-13-12-15-10-11-17(23-3)18(14-15)24-4/h5-11,14H,12-13H2,1-4H3,(H,21,22). The number of hydrogen-bond acceptors (Lipinski definition) is 3. The second kappa shape index (κ2) is 7.86. The van der Waals surface area contributed by atoms with Crippen molar-refractivity contribution in [2.24, 2.45) is 0 Å². The molecule has 0 aromatic heterocycles. The Morgan fingerprint density at radius 1 is 1.00 bits per heavy atom. The maximum absolute atomic E-state index is 12.5. The minimum atomic E-state index is -0.557. The van der Waals surface area contributed by atoms with E-state index in [-0.39, 0.29) is 5.91 Å². The van der Waals surface area contributed by atoms with Crippen LogP contribution in [0.1, 0.15) is 25.0 Å². The van der Waals surface area contributed by atoms with Crippen molar-refractivity contribution in [1.29, 1.82) is 0 Å². The van der Waals surface area contributed by atoms with Crippen molar-refractivity contribution in [2.75, 3.05) is 20.8 Å². The number of amides is 1. The molecule has 0 bridgehead atoms. The van der Waals surface area contributed by atoms with E-state index in [2.05, 4.69) is 5.32 Å². The molecule has 0 heterocycles. The van der Waals surface area contributed by atoms with E-state index in [9.17, 15) is 4.79 Å². The largest absolute Gasteiger partial charge is 0.493 e. The van der Waals surface area contributed by atoms with Crippen LogP contribution in [0.25, 0.3) is 0 Å². The number of ether oxygens (including phenoxy) is 2. The van der Waals surface area contributed by atoms with Crippen molar-refractivity contribution < 1.29 is 14.3 Å². The number of benzene rings is 2. The molecule has 1 N–H and O–H groups in total. The molecule has 2 aromatic rings. The number of methoxy groups -OCH3 is 2. The van der Waals surface area contributed by atoms with Crippen LogP contribution in [0, 0.1) is 0 Å². The van der Waals surface area contributed by atoms with Gasteiger partial charge in [0.05, 0.1) is 19.6 Å². The highest BCUT2D eigenvalue weighted by Crippen LogP contribution is 2.27. The maximum Gasteiger partial charge on any atom is 0.230 e. The monoisotopic (exact) mass is 327 g/mol. The fourth-order valence-corrected chi connectivity index (χ4v) is 2.56. The molecule has 2 aromatic carbocycles.